The van der Waals surface area contributed by atoms with E-state index in [9.17, 15) is 0 Å². The highest BCUT2D eigenvalue weighted by molar-refractivity contribution is 5.05. The van der Waals surface area contributed by atoms with Crippen molar-refractivity contribution < 1.29 is 28.4 Å². The van der Waals surface area contributed by atoms with Crippen LogP contribution in [-0.4, -0.2) is 107 Å². The molecule has 0 aromatic rings. The highest BCUT2D eigenvalue weighted by Gasteiger charge is 2.60. The molecule has 0 aliphatic carbocycles. The maximum atomic E-state index is 7.24. The number of ether oxygens (including phenoxy) is 6. The Bertz CT molecular complexity index is 454. The number of nitrogens with zero attached hydrogens (tertiary/aromatic N) is 3. The topological polar surface area (TPSA) is 91.1 Å². The molecule has 0 bridgehead atoms. The van der Waals surface area contributed by atoms with Gasteiger partial charge in [0, 0.05) is 46.2 Å². The van der Waals surface area contributed by atoms with Crippen molar-refractivity contribution in [1.82, 2.24) is 15.1 Å². The molecule has 1 atom stereocenters. The summed E-state index contributed by atoms with van der Waals surface area (Å²) in [6.07, 6.45) is 0. The summed E-state index contributed by atoms with van der Waals surface area (Å²) in [5.74, 6) is 0. The average Bonchev–Trinajstić information content (AvgIpc) is 2.78. The summed E-state index contributed by atoms with van der Waals surface area (Å²) in [5, 5.41) is 6.06. The van der Waals surface area contributed by atoms with Crippen LogP contribution in [0.4, 0.5) is 0 Å². The van der Waals surface area contributed by atoms with Crippen LogP contribution >= 0.6 is 0 Å². The lowest BCUT2D eigenvalue weighted by Crippen LogP contribution is -2.83. The first kappa shape index (κ1) is 28.6. The third kappa shape index (κ3) is 7.56. The van der Waals surface area contributed by atoms with Crippen LogP contribution in [0.3, 0.4) is 0 Å². The van der Waals surface area contributed by atoms with Crippen molar-refractivity contribution in [3.05, 3.63) is 0 Å². The molecule has 0 radical (unpaired) electrons. The van der Waals surface area contributed by atoms with Crippen molar-refractivity contribution in [1.29, 1.82) is 0 Å². The van der Waals surface area contributed by atoms with E-state index in [4.69, 9.17) is 34.2 Å². The molecule has 1 aliphatic heterocycles. The van der Waals surface area contributed by atoms with Gasteiger partial charge in [0.25, 0.3) is 0 Å². The fourth-order valence-electron chi connectivity index (χ4n) is 3.66. The van der Waals surface area contributed by atoms with Gasteiger partial charge in [0.2, 0.25) is 0 Å². The molecule has 1 unspecified atom stereocenters. The van der Waals surface area contributed by atoms with Gasteiger partial charge in [0.05, 0.1) is 25.2 Å². The van der Waals surface area contributed by atoms with Crippen LogP contribution in [0.25, 0.3) is 0 Å². The molecule has 0 amide bonds. The molecule has 0 aromatic carbocycles. The Morgan fingerprint density at radius 1 is 0.613 bits per heavy atom. The van der Waals surface area contributed by atoms with Gasteiger partial charge in [0.15, 0.2) is 0 Å². The average molecular weight is 451 g/mol. The highest BCUT2D eigenvalue weighted by Crippen LogP contribution is 2.41. The van der Waals surface area contributed by atoms with Crippen molar-refractivity contribution in [2.75, 3.05) is 86.2 Å². The van der Waals surface area contributed by atoms with Gasteiger partial charge in [-0.25, -0.2) is 0 Å². The third-order valence-corrected chi connectivity index (χ3v) is 5.43. The smallest absolute Gasteiger partial charge is 0.127 e. The standard InChI is InChI=1S/C21H46N4O6/c1-7-26-14-20(15-27-8-2)13-23(17-29-10-4)25(19-31-12-6)24(18-30-11-5)21(20,22)16-28-9-3/h7-19,22H2,1-6H3. The van der Waals surface area contributed by atoms with E-state index in [1.165, 1.54) is 0 Å². The zero-order chi connectivity index (χ0) is 23.2. The van der Waals surface area contributed by atoms with Gasteiger partial charge in [-0.15, -0.1) is 5.12 Å². The molecule has 0 saturated carbocycles. The van der Waals surface area contributed by atoms with Gasteiger partial charge in [-0.05, 0) is 41.5 Å². The Labute approximate surface area is 188 Å². The first-order valence-electron chi connectivity index (χ1n) is 11.5. The van der Waals surface area contributed by atoms with Gasteiger partial charge >= 0.3 is 0 Å². The minimum atomic E-state index is -0.956. The lowest BCUT2D eigenvalue weighted by Gasteiger charge is -2.62. The summed E-state index contributed by atoms with van der Waals surface area (Å²) in [5.41, 5.74) is 5.69. The van der Waals surface area contributed by atoms with Crippen molar-refractivity contribution in [3.8, 4) is 0 Å². The normalized spacial score (nSPS) is 22.9. The summed E-state index contributed by atoms with van der Waals surface area (Å²) in [7, 11) is 0. The zero-order valence-electron chi connectivity index (χ0n) is 20.6. The van der Waals surface area contributed by atoms with E-state index in [1.807, 2.05) is 51.7 Å². The van der Waals surface area contributed by atoms with E-state index in [0.717, 1.165) is 0 Å². The van der Waals surface area contributed by atoms with Crippen LogP contribution in [0, 0.1) is 5.41 Å². The second-order valence-corrected chi connectivity index (χ2v) is 7.42. The summed E-state index contributed by atoms with van der Waals surface area (Å²) in [6, 6.07) is 0. The van der Waals surface area contributed by atoms with Crippen molar-refractivity contribution >= 4 is 0 Å². The number of rotatable bonds is 18. The number of hydrazine groups is 2. The zero-order valence-corrected chi connectivity index (χ0v) is 20.6. The monoisotopic (exact) mass is 450 g/mol. The van der Waals surface area contributed by atoms with Gasteiger partial charge < -0.3 is 34.2 Å². The van der Waals surface area contributed by atoms with Gasteiger partial charge in [-0.1, -0.05) is 0 Å². The third-order valence-electron chi connectivity index (χ3n) is 5.43. The van der Waals surface area contributed by atoms with E-state index in [-0.39, 0.29) is 6.73 Å². The van der Waals surface area contributed by atoms with Gasteiger partial charge in [-0.3, -0.25) is 0 Å². The molecule has 10 heteroatoms. The van der Waals surface area contributed by atoms with Crippen molar-refractivity contribution in [2.24, 2.45) is 11.1 Å². The Hall–Kier alpha value is -0.400. The molecule has 1 saturated heterocycles. The quantitative estimate of drug-likeness (QED) is 0.331. The molecular formula is C21H46N4O6. The predicted molar refractivity (Wildman–Crippen MR) is 119 cm³/mol. The maximum Gasteiger partial charge on any atom is 0.127 e. The Kier molecular flexibility index (Phi) is 14.3. The molecule has 0 spiro atoms. The fraction of sp³-hybridized carbons (Fsp3) is 1.00. The molecule has 186 valence electrons. The first-order valence-corrected chi connectivity index (χ1v) is 11.5. The van der Waals surface area contributed by atoms with Crippen LogP contribution < -0.4 is 5.73 Å². The molecular weight excluding hydrogens is 404 g/mol. The molecule has 31 heavy (non-hydrogen) atoms. The molecule has 0 aromatic heterocycles. The summed E-state index contributed by atoms with van der Waals surface area (Å²) < 4.78 is 35.3. The number of nitrogens with two attached hydrogens (primary N) is 1. The summed E-state index contributed by atoms with van der Waals surface area (Å²) in [6.45, 7) is 17.9. The van der Waals surface area contributed by atoms with Gasteiger partial charge in [0.1, 0.15) is 25.9 Å². The first-order chi connectivity index (χ1) is 15.0. The van der Waals surface area contributed by atoms with E-state index in [2.05, 4.69) is 5.01 Å². The van der Waals surface area contributed by atoms with Crippen molar-refractivity contribution in [3.63, 3.8) is 0 Å². The van der Waals surface area contributed by atoms with E-state index < -0.39 is 11.1 Å². The van der Waals surface area contributed by atoms with Crippen LogP contribution in [0.15, 0.2) is 0 Å². The lowest BCUT2D eigenvalue weighted by atomic mass is 9.75. The van der Waals surface area contributed by atoms with Crippen molar-refractivity contribution in [2.45, 2.75) is 47.2 Å². The number of hydrogen-bond acceptors (Lipinski definition) is 10. The number of hydrogen-bond donors (Lipinski definition) is 1. The fourth-order valence-corrected chi connectivity index (χ4v) is 3.66. The molecule has 1 heterocycles. The van der Waals surface area contributed by atoms with E-state index >= 15 is 0 Å². The Morgan fingerprint density at radius 2 is 1.06 bits per heavy atom. The summed E-state index contributed by atoms with van der Waals surface area (Å²) >= 11 is 0. The Morgan fingerprint density at radius 3 is 1.58 bits per heavy atom. The largest absolute Gasteiger partial charge is 0.381 e. The SMILES string of the molecule is CCOCN1CC(COCC)(COCC)C(N)(COCC)N(COCC)N1COCC. The molecule has 10 nitrogen and oxygen atoms in total. The van der Waals surface area contributed by atoms with Crippen LogP contribution in [-0.2, 0) is 28.4 Å². The summed E-state index contributed by atoms with van der Waals surface area (Å²) in [4.78, 5) is 0. The minimum Gasteiger partial charge on any atom is -0.381 e. The molecule has 1 aliphatic rings. The van der Waals surface area contributed by atoms with Crippen LogP contribution in [0.2, 0.25) is 0 Å². The second kappa shape index (κ2) is 15.4. The minimum absolute atomic E-state index is 0.274. The lowest BCUT2D eigenvalue weighted by molar-refractivity contribution is -0.376. The molecule has 1 fully saturated rings. The highest BCUT2D eigenvalue weighted by atomic mass is 16.5. The second-order valence-electron chi connectivity index (χ2n) is 7.42. The maximum absolute atomic E-state index is 7.24. The van der Waals surface area contributed by atoms with E-state index in [0.29, 0.717) is 79.5 Å². The van der Waals surface area contributed by atoms with E-state index in [1.54, 1.807) is 0 Å². The molecule has 1 rings (SSSR count). The molecule has 2 N–H and O–H groups in total. The predicted octanol–water partition coefficient (Wildman–Crippen LogP) is 1.47. The van der Waals surface area contributed by atoms with Crippen LogP contribution in [0.5, 0.6) is 0 Å². The Balaban J connectivity index is 3.49. The van der Waals surface area contributed by atoms with Crippen LogP contribution in [0.1, 0.15) is 41.5 Å². The van der Waals surface area contributed by atoms with Gasteiger partial charge in [-0.2, -0.15) is 10.0 Å².